The molecule has 1 N–H and O–H groups in total. The van der Waals surface area contributed by atoms with Gasteiger partial charge < -0.3 is 10.1 Å². The lowest BCUT2D eigenvalue weighted by Crippen LogP contribution is -2.51. The van der Waals surface area contributed by atoms with Gasteiger partial charge >= 0.3 is 0 Å². The number of rotatable bonds is 6. The van der Waals surface area contributed by atoms with Crippen molar-refractivity contribution in [2.45, 2.75) is 31.9 Å². The van der Waals surface area contributed by atoms with Crippen LogP contribution >= 0.6 is 0 Å². The van der Waals surface area contributed by atoms with Crippen LogP contribution < -0.4 is 5.32 Å². The van der Waals surface area contributed by atoms with E-state index in [2.05, 4.69) is 22.3 Å². The standard InChI is InChI=1S/C22H27FN2O2/c1-22(2,18-10-6-7-11-19(18)23)16-24-21(26)20-15-25(12-13-27-20)14-17-8-4-3-5-9-17/h3-11,20H,12-16H2,1-2H3,(H,24,26). The fourth-order valence-electron chi connectivity index (χ4n) is 3.37. The predicted octanol–water partition coefficient (Wildman–Crippen LogP) is 3.12. The molecule has 0 radical (unpaired) electrons. The molecule has 1 aliphatic heterocycles. The van der Waals surface area contributed by atoms with E-state index in [1.54, 1.807) is 12.1 Å². The zero-order valence-electron chi connectivity index (χ0n) is 16.0. The van der Waals surface area contributed by atoms with Gasteiger partial charge in [0.15, 0.2) is 0 Å². The van der Waals surface area contributed by atoms with Crippen molar-refractivity contribution in [1.29, 1.82) is 0 Å². The summed E-state index contributed by atoms with van der Waals surface area (Å²) in [6.07, 6.45) is -0.501. The van der Waals surface area contributed by atoms with Crippen LogP contribution in [0.1, 0.15) is 25.0 Å². The van der Waals surface area contributed by atoms with Crippen molar-refractivity contribution >= 4 is 5.91 Å². The van der Waals surface area contributed by atoms with Gasteiger partial charge in [-0.15, -0.1) is 0 Å². The van der Waals surface area contributed by atoms with Gasteiger partial charge in [-0.05, 0) is 17.2 Å². The molecule has 1 aliphatic rings. The minimum atomic E-state index is -0.501. The van der Waals surface area contributed by atoms with E-state index in [-0.39, 0.29) is 11.7 Å². The van der Waals surface area contributed by atoms with E-state index in [9.17, 15) is 9.18 Å². The molecule has 2 aromatic carbocycles. The minimum Gasteiger partial charge on any atom is -0.366 e. The summed E-state index contributed by atoms with van der Waals surface area (Å²) in [5.41, 5.74) is 1.32. The predicted molar refractivity (Wildman–Crippen MR) is 104 cm³/mol. The first-order chi connectivity index (χ1) is 13.0. The fraction of sp³-hybridized carbons (Fsp3) is 0.409. The van der Waals surface area contributed by atoms with E-state index >= 15 is 0 Å². The first-order valence-electron chi connectivity index (χ1n) is 9.36. The number of nitrogens with zero attached hydrogens (tertiary/aromatic N) is 1. The topological polar surface area (TPSA) is 41.6 Å². The Labute approximate surface area is 160 Å². The Kier molecular flexibility index (Phi) is 6.24. The number of carbonyl (C=O) groups excluding carboxylic acids is 1. The van der Waals surface area contributed by atoms with Gasteiger partial charge in [0, 0.05) is 31.6 Å². The molecule has 1 fully saturated rings. The van der Waals surface area contributed by atoms with Crippen molar-refractivity contribution in [3.63, 3.8) is 0 Å². The number of hydrogen-bond acceptors (Lipinski definition) is 3. The Morgan fingerprint density at radius 3 is 2.63 bits per heavy atom. The first kappa shape index (κ1) is 19.5. The smallest absolute Gasteiger partial charge is 0.250 e. The SMILES string of the molecule is CC(C)(CNC(=O)C1CN(Cc2ccccc2)CCO1)c1ccccc1F. The van der Waals surface area contributed by atoms with Crippen molar-refractivity contribution in [2.75, 3.05) is 26.2 Å². The van der Waals surface area contributed by atoms with E-state index in [0.717, 1.165) is 13.1 Å². The number of hydrogen-bond donors (Lipinski definition) is 1. The highest BCUT2D eigenvalue weighted by atomic mass is 19.1. The quantitative estimate of drug-likeness (QED) is 0.850. The maximum absolute atomic E-state index is 14.1. The van der Waals surface area contributed by atoms with Gasteiger partial charge in [0.1, 0.15) is 11.9 Å². The Hall–Kier alpha value is -2.24. The molecule has 0 spiro atoms. The van der Waals surface area contributed by atoms with E-state index in [0.29, 0.717) is 25.3 Å². The van der Waals surface area contributed by atoms with Crippen molar-refractivity contribution in [1.82, 2.24) is 10.2 Å². The summed E-state index contributed by atoms with van der Waals surface area (Å²) in [5, 5.41) is 2.95. The number of carbonyl (C=O) groups is 1. The first-order valence-corrected chi connectivity index (χ1v) is 9.36. The molecular weight excluding hydrogens is 343 g/mol. The van der Waals surface area contributed by atoms with Crippen LogP contribution in [-0.2, 0) is 21.5 Å². The summed E-state index contributed by atoms with van der Waals surface area (Å²) >= 11 is 0. The molecule has 144 valence electrons. The van der Waals surface area contributed by atoms with Crippen LogP contribution in [0.25, 0.3) is 0 Å². The minimum absolute atomic E-state index is 0.142. The van der Waals surface area contributed by atoms with Gasteiger partial charge in [-0.25, -0.2) is 4.39 Å². The summed E-state index contributed by atoms with van der Waals surface area (Å²) in [7, 11) is 0. The summed E-state index contributed by atoms with van der Waals surface area (Å²) in [4.78, 5) is 14.8. The van der Waals surface area contributed by atoms with Gasteiger partial charge in [0.05, 0.1) is 6.61 Å². The third kappa shape index (κ3) is 5.15. The maximum atomic E-state index is 14.1. The molecule has 0 aromatic heterocycles. The van der Waals surface area contributed by atoms with Crippen LogP contribution in [0.2, 0.25) is 0 Å². The Morgan fingerprint density at radius 1 is 1.19 bits per heavy atom. The van der Waals surface area contributed by atoms with E-state index in [1.165, 1.54) is 11.6 Å². The maximum Gasteiger partial charge on any atom is 0.250 e. The molecule has 0 bridgehead atoms. The number of ether oxygens (including phenoxy) is 1. The third-order valence-corrected chi connectivity index (χ3v) is 5.00. The van der Waals surface area contributed by atoms with Crippen LogP contribution in [-0.4, -0.2) is 43.2 Å². The second kappa shape index (κ2) is 8.63. The molecule has 0 saturated carbocycles. The number of halogens is 1. The van der Waals surface area contributed by atoms with Crippen molar-refractivity contribution in [2.24, 2.45) is 0 Å². The van der Waals surface area contributed by atoms with Crippen LogP contribution in [0.4, 0.5) is 4.39 Å². The lowest BCUT2D eigenvalue weighted by molar-refractivity contribution is -0.139. The van der Waals surface area contributed by atoms with E-state index < -0.39 is 11.5 Å². The van der Waals surface area contributed by atoms with Gasteiger partial charge in [0.2, 0.25) is 0 Å². The molecule has 1 amide bonds. The zero-order valence-corrected chi connectivity index (χ0v) is 16.0. The van der Waals surface area contributed by atoms with Gasteiger partial charge in [-0.1, -0.05) is 62.4 Å². The molecule has 1 atom stereocenters. The zero-order chi connectivity index (χ0) is 19.3. The second-order valence-electron chi connectivity index (χ2n) is 7.66. The largest absolute Gasteiger partial charge is 0.366 e. The molecule has 4 nitrogen and oxygen atoms in total. The average molecular weight is 370 g/mol. The lowest BCUT2D eigenvalue weighted by Gasteiger charge is -2.33. The summed E-state index contributed by atoms with van der Waals surface area (Å²) in [6, 6.07) is 16.9. The van der Waals surface area contributed by atoms with Crippen LogP contribution in [0.3, 0.4) is 0 Å². The highest BCUT2D eigenvalue weighted by Crippen LogP contribution is 2.25. The van der Waals surface area contributed by atoms with Crippen molar-refractivity contribution in [3.8, 4) is 0 Å². The third-order valence-electron chi connectivity index (χ3n) is 5.00. The highest BCUT2D eigenvalue weighted by molar-refractivity contribution is 5.81. The monoisotopic (exact) mass is 370 g/mol. The molecule has 1 unspecified atom stereocenters. The molecule has 1 saturated heterocycles. The highest BCUT2D eigenvalue weighted by Gasteiger charge is 2.29. The molecule has 3 rings (SSSR count). The van der Waals surface area contributed by atoms with Crippen LogP contribution in [0, 0.1) is 5.82 Å². The summed E-state index contributed by atoms with van der Waals surface area (Å²) in [5.74, 6) is -0.392. The Balaban J connectivity index is 1.55. The van der Waals surface area contributed by atoms with E-state index in [1.807, 2.05) is 38.1 Å². The molecule has 27 heavy (non-hydrogen) atoms. The Morgan fingerprint density at radius 2 is 1.89 bits per heavy atom. The summed E-state index contributed by atoms with van der Waals surface area (Å²) in [6.45, 7) is 6.89. The van der Waals surface area contributed by atoms with Crippen molar-refractivity contribution < 1.29 is 13.9 Å². The van der Waals surface area contributed by atoms with Crippen molar-refractivity contribution in [3.05, 3.63) is 71.5 Å². The molecule has 1 heterocycles. The fourth-order valence-corrected chi connectivity index (χ4v) is 3.37. The Bertz CT molecular complexity index is 764. The molecule has 5 heteroatoms. The number of benzene rings is 2. The van der Waals surface area contributed by atoms with Gasteiger partial charge in [0.25, 0.3) is 5.91 Å². The number of morpholine rings is 1. The molecule has 2 aromatic rings. The molecular formula is C22H27FN2O2. The number of amides is 1. The second-order valence-corrected chi connectivity index (χ2v) is 7.66. The normalized spacial score (nSPS) is 18.3. The van der Waals surface area contributed by atoms with E-state index in [4.69, 9.17) is 4.74 Å². The number of nitrogens with one attached hydrogen (secondary N) is 1. The van der Waals surface area contributed by atoms with Crippen LogP contribution in [0.5, 0.6) is 0 Å². The van der Waals surface area contributed by atoms with Gasteiger partial charge in [-0.2, -0.15) is 0 Å². The lowest BCUT2D eigenvalue weighted by atomic mass is 9.84. The van der Waals surface area contributed by atoms with Gasteiger partial charge in [-0.3, -0.25) is 9.69 Å². The molecule has 0 aliphatic carbocycles. The average Bonchev–Trinajstić information content (AvgIpc) is 2.67. The van der Waals surface area contributed by atoms with Crippen LogP contribution in [0.15, 0.2) is 54.6 Å². The summed E-state index contributed by atoms with van der Waals surface area (Å²) < 4.78 is 19.8.